The number of carbonyl (C=O) groups is 2. The molecule has 140 valence electrons. The largest absolute Gasteiger partial charge is 0.347 e. The van der Waals surface area contributed by atoms with E-state index in [1.54, 1.807) is 29.2 Å². The summed E-state index contributed by atoms with van der Waals surface area (Å²) in [7, 11) is 0. The number of amides is 2. The highest BCUT2D eigenvalue weighted by Crippen LogP contribution is 2.28. The predicted octanol–water partition coefficient (Wildman–Crippen LogP) is 3.35. The van der Waals surface area contributed by atoms with Crippen LogP contribution in [0.1, 0.15) is 32.0 Å². The van der Waals surface area contributed by atoms with Crippen molar-refractivity contribution in [2.75, 3.05) is 11.4 Å². The lowest BCUT2D eigenvalue weighted by atomic mass is 10.1. The number of nitrogens with one attached hydrogen (secondary N) is 1. The van der Waals surface area contributed by atoms with Crippen molar-refractivity contribution in [3.8, 4) is 0 Å². The molecule has 3 aromatic rings. The Morgan fingerprint density at radius 1 is 1.07 bits per heavy atom. The minimum atomic E-state index is -0.459. The smallest absolute Gasteiger partial charge is 0.270 e. The summed E-state index contributed by atoms with van der Waals surface area (Å²) in [6, 6.07) is 17.1. The number of carbonyl (C=O) groups excluding carboxylic acids is 2. The fourth-order valence-corrected chi connectivity index (χ4v) is 3.30. The lowest BCUT2D eigenvalue weighted by molar-refractivity contribution is 0.0945. The van der Waals surface area contributed by atoms with Crippen LogP contribution < -0.4 is 10.2 Å². The number of hydrogen-bond acceptors (Lipinski definition) is 3. The van der Waals surface area contributed by atoms with E-state index in [4.69, 9.17) is 0 Å². The van der Waals surface area contributed by atoms with Crippen LogP contribution in [0.25, 0.3) is 0 Å². The zero-order chi connectivity index (χ0) is 19.5. The van der Waals surface area contributed by atoms with E-state index in [0.717, 1.165) is 17.7 Å². The molecule has 0 saturated carbocycles. The Labute approximate surface area is 161 Å². The van der Waals surface area contributed by atoms with Gasteiger partial charge in [-0.25, -0.2) is 4.39 Å². The van der Waals surface area contributed by atoms with Gasteiger partial charge < -0.3 is 10.2 Å². The van der Waals surface area contributed by atoms with E-state index < -0.39 is 5.91 Å². The summed E-state index contributed by atoms with van der Waals surface area (Å²) >= 11 is 0. The van der Waals surface area contributed by atoms with Crippen LogP contribution in [0.15, 0.2) is 66.9 Å². The molecule has 1 N–H and O–H groups in total. The third-order valence-electron chi connectivity index (χ3n) is 4.77. The van der Waals surface area contributed by atoms with Crippen molar-refractivity contribution < 1.29 is 14.0 Å². The number of pyridine rings is 1. The second-order valence-corrected chi connectivity index (χ2v) is 6.54. The summed E-state index contributed by atoms with van der Waals surface area (Å²) in [5, 5.41) is 2.64. The van der Waals surface area contributed by atoms with Gasteiger partial charge in [0, 0.05) is 36.1 Å². The normalized spacial score (nSPS) is 12.5. The molecule has 0 unspecified atom stereocenters. The number of para-hydroxylation sites is 1. The number of rotatable bonds is 4. The van der Waals surface area contributed by atoms with Crippen molar-refractivity contribution in [1.82, 2.24) is 10.3 Å². The molecule has 28 heavy (non-hydrogen) atoms. The Bertz CT molecular complexity index is 1050. The van der Waals surface area contributed by atoms with E-state index in [9.17, 15) is 14.0 Å². The molecule has 0 fully saturated rings. The van der Waals surface area contributed by atoms with E-state index in [1.807, 2.05) is 24.3 Å². The molecule has 0 radical (unpaired) electrons. The standard InChI is InChI=1S/C22H18FN3O2/c23-18-7-3-1-6-17(18)14-25-21(27)19-13-16(9-11-24-19)22(28)26-12-10-15-5-2-4-8-20(15)26/h1-9,11,13H,10,12,14H2,(H,25,27). The van der Waals surface area contributed by atoms with Crippen LogP contribution in [0.4, 0.5) is 10.1 Å². The molecule has 0 aliphatic carbocycles. The Hall–Kier alpha value is -3.54. The van der Waals surface area contributed by atoms with Crippen LogP contribution >= 0.6 is 0 Å². The average Bonchev–Trinajstić information content (AvgIpc) is 3.16. The molecular formula is C22H18FN3O2. The van der Waals surface area contributed by atoms with Crippen molar-refractivity contribution in [2.24, 2.45) is 0 Å². The molecule has 0 spiro atoms. The number of benzene rings is 2. The lowest BCUT2D eigenvalue weighted by Crippen LogP contribution is -2.30. The summed E-state index contributed by atoms with van der Waals surface area (Å²) in [5.41, 5.74) is 2.93. The van der Waals surface area contributed by atoms with Gasteiger partial charge in [0.05, 0.1) is 0 Å². The molecular weight excluding hydrogens is 357 g/mol. The molecule has 2 amide bonds. The van der Waals surface area contributed by atoms with Gasteiger partial charge in [-0.2, -0.15) is 0 Å². The first-order chi connectivity index (χ1) is 13.6. The summed E-state index contributed by atoms with van der Waals surface area (Å²) in [5.74, 6) is -1.01. The fourth-order valence-electron chi connectivity index (χ4n) is 3.30. The van der Waals surface area contributed by atoms with Crippen LogP contribution in [-0.2, 0) is 13.0 Å². The predicted molar refractivity (Wildman–Crippen MR) is 104 cm³/mol. The molecule has 1 aliphatic rings. The zero-order valence-electron chi connectivity index (χ0n) is 15.1. The molecule has 2 heterocycles. The van der Waals surface area contributed by atoms with Crippen LogP contribution in [0.3, 0.4) is 0 Å². The van der Waals surface area contributed by atoms with Gasteiger partial charge in [0.15, 0.2) is 0 Å². The van der Waals surface area contributed by atoms with Crippen LogP contribution in [-0.4, -0.2) is 23.3 Å². The Morgan fingerprint density at radius 2 is 1.86 bits per heavy atom. The summed E-state index contributed by atoms with van der Waals surface area (Å²) in [4.78, 5) is 31.1. The maximum absolute atomic E-state index is 13.7. The summed E-state index contributed by atoms with van der Waals surface area (Å²) in [6.45, 7) is 0.653. The monoisotopic (exact) mass is 375 g/mol. The van der Waals surface area contributed by atoms with Crippen LogP contribution in [0, 0.1) is 5.82 Å². The number of aromatic nitrogens is 1. The zero-order valence-corrected chi connectivity index (χ0v) is 15.1. The maximum Gasteiger partial charge on any atom is 0.270 e. The molecule has 5 nitrogen and oxygen atoms in total. The first-order valence-corrected chi connectivity index (χ1v) is 9.01. The fraction of sp³-hybridized carbons (Fsp3) is 0.136. The number of fused-ring (bicyclic) bond motifs is 1. The highest BCUT2D eigenvalue weighted by Gasteiger charge is 2.25. The van der Waals surface area contributed by atoms with Crippen molar-refractivity contribution in [3.05, 3.63) is 95.1 Å². The van der Waals surface area contributed by atoms with Crippen molar-refractivity contribution in [1.29, 1.82) is 0 Å². The van der Waals surface area contributed by atoms with Crippen molar-refractivity contribution in [3.63, 3.8) is 0 Å². The number of anilines is 1. The van der Waals surface area contributed by atoms with Gasteiger partial charge in [-0.1, -0.05) is 36.4 Å². The van der Waals surface area contributed by atoms with Gasteiger partial charge in [-0.3, -0.25) is 14.6 Å². The minimum Gasteiger partial charge on any atom is -0.347 e. The molecule has 0 bridgehead atoms. The summed E-state index contributed by atoms with van der Waals surface area (Å²) in [6.07, 6.45) is 2.25. The average molecular weight is 375 g/mol. The first-order valence-electron chi connectivity index (χ1n) is 9.01. The van der Waals surface area contributed by atoms with Crippen LogP contribution in [0.5, 0.6) is 0 Å². The minimum absolute atomic E-state index is 0.0465. The SMILES string of the molecule is O=C(NCc1ccccc1F)c1cc(C(=O)N2CCc3ccccc32)ccn1. The third-order valence-corrected chi connectivity index (χ3v) is 4.77. The molecule has 6 heteroatoms. The first kappa shape index (κ1) is 17.9. The van der Waals surface area contributed by atoms with Gasteiger partial charge in [0.25, 0.3) is 11.8 Å². The molecule has 2 aromatic carbocycles. The number of hydrogen-bond donors (Lipinski definition) is 1. The van der Waals surface area contributed by atoms with E-state index in [1.165, 1.54) is 18.3 Å². The Kier molecular flexibility index (Phi) is 4.85. The highest BCUT2D eigenvalue weighted by molar-refractivity contribution is 6.08. The van der Waals surface area contributed by atoms with Crippen molar-refractivity contribution in [2.45, 2.75) is 13.0 Å². The van der Waals surface area contributed by atoms with E-state index >= 15 is 0 Å². The topological polar surface area (TPSA) is 62.3 Å². The van der Waals surface area contributed by atoms with Gasteiger partial charge in [0.1, 0.15) is 11.5 Å². The Balaban J connectivity index is 1.49. The molecule has 0 saturated heterocycles. The maximum atomic E-state index is 13.7. The highest BCUT2D eigenvalue weighted by atomic mass is 19.1. The Morgan fingerprint density at radius 3 is 2.71 bits per heavy atom. The second-order valence-electron chi connectivity index (χ2n) is 6.54. The second kappa shape index (κ2) is 7.60. The number of halogens is 1. The van der Waals surface area contributed by atoms with Gasteiger partial charge in [0.2, 0.25) is 0 Å². The molecule has 0 atom stereocenters. The quantitative estimate of drug-likeness (QED) is 0.761. The van der Waals surface area contributed by atoms with Gasteiger partial charge in [-0.05, 0) is 36.2 Å². The van der Waals surface area contributed by atoms with Gasteiger partial charge in [-0.15, -0.1) is 0 Å². The van der Waals surface area contributed by atoms with Crippen LogP contribution in [0.2, 0.25) is 0 Å². The summed E-state index contributed by atoms with van der Waals surface area (Å²) < 4.78 is 13.7. The molecule has 1 aliphatic heterocycles. The molecule has 1 aromatic heterocycles. The van der Waals surface area contributed by atoms with Gasteiger partial charge >= 0.3 is 0 Å². The lowest BCUT2D eigenvalue weighted by Gasteiger charge is -2.17. The molecule has 4 rings (SSSR count). The van der Waals surface area contributed by atoms with Crippen molar-refractivity contribution >= 4 is 17.5 Å². The van der Waals surface area contributed by atoms with E-state index in [-0.39, 0.29) is 24.0 Å². The van der Waals surface area contributed by atoms with E-state index in [2.05, 4.69) is 10.3 Å². The number of nitrogens with zero attached hydrogens (tertiary/aromatic N) is 2. The third kappa shape index (κ3) is 3.49. The van der Waals surface area contributed by atoms with E-state index in [0.29, 0.717) is 17.7 Å².